The van der Waals surface area contributed by atoms with E-state index in [0.29, 0.717) is 0 Å². The average Bonchev–Trinajstić information content (AvgIpc) is 4.26. The summed E-state index contributed by atoms with van der Waals surface area (Å²) in [7, 11) is 0. The third kappa shape index (κ3) is 4.89. The Morgan fingerprint density at radius 3 is 0.718 bits per heavy atom. The van der Waals surface area contributed by atoms with E-state index in [0.717, 1.165) is 62.3 Å². The van der Waals surface area contributed by atoms with E-state index in [4.69, 9.17) is 9.47 Å². The Kier molecular flexibility index (Phi) is 8.20. The Bertz CT molecular complexity index is 4290. The van der Waals surface area contributed by atoms with Crippen molar-refractivity contribution in [2.45, 2.75) is 16.2 Å². The molecule has 362 valence electrons. The summed E-state index contributed by atoms with van der Waals surface area (Å²) >= 11 is 0. The van der Waals surface area contributed by atoms with Crippen LogP contribution in [0.5, 0.6) is 23.0 Å². The topological polar surface area (TPSA) is 21.7 Å². The number of anilines is 3. The third-order valence-corrected chi connectivity index (χ3v) is 18.4. The minimum Gasteiger partial charge on any atom is -0.457 e. The van der Waals surface area contributed by atoms with E-state index < -0.39 is 16.2 Å². The fourth-order valence-corrected chi connectivity index (χ4v) is 15.8. The van der Waals surface area contributed by atoms with Gasteiger partial charge in [0, 0.05) is 38.9 Å². The second-order valence-electron chi connectivity index (χ2n) is 21.6. The fourth-order valence-electron chi connectivity index (χ4n) is 15.8. The Morgan fingerprint density at radius 1 is 0.192 bits per heavy atom. The Morgan fingerprint density at radius 2 is 0.410 bits per heavy atom. The molecule has 0 amide bonds. The number of para-hydroxylation sites is 4. The van der Waals surface area contributed by atoms with E-state index in [1.165, 1.54) is 89.0 Å². The Labute approximate surface area is 452 Å². The quantitative estimate of drug-likeness (QED) is 0.176. The lowest BCUT2D eigenvalue weighted by Crippen LogP contribution is -2.32. The molecule has 2 aliphatic heterocycles. The number of fused-ring (bicyclic) bond motifs is 28. The van der Waals surface area contributed by atoms with Gasteiger partial charge in [-0.15, -0.1) is 0 Å². The van der Waals surface area contributed by atoms with Gasteiger partial charge in [-0.05, 0) is 115 Å². The van der Waals surface area contributed by atoms with E-state index in [-0.39, 0.29) is 0 Å². The van der Waals surface area contributed by atoms with Crippen molar-refractivity contribution in [3.63, 3.8) is 0 Å². The molecule has 0 fully saturated rings. The van der Waals surface area contributed by atoms with Crippen LogP contribution in [0.2, 0.25) is 0 Å². The summed E-state index contributed by atoms with van der Waals surface area (Å²) < 4.78 is 13.7. The van der Waals surface area contributed by atoms with Gasteiger partial charge in [-0.3, -0.25) is 0 Å². The van der Waals surface area contributed by atoms with E-state index in [1.807, 2.05) is 0 Å². The van der Waals surface area contributed by atoms with Crippen LogP contribution >= 0.6 is 0 Å². The standard InChI is InChI=1S/C75H45NO2/c1-6-27-51-46(22-1)47-23-2-7-28-52(47)73(51)53-29-8-3-24-48(53)70-60(73)36-19-39-63(70)76(64-40-20-37-61-71(64)49-25-4-9-30-54(49)74(61)56-32-11-15-42-66(56)77-67-43-16-12-33-57(67)74)65-41-21-38-62-72(65)50-26-5-10-31-55(50)75(62)58-34-13-17-44-68(58)78-69-45-18-14-35-59(69)75/h1-45H. The molecule has 18 rings (SSSR count). The van der Waals surface area contributed by atoms with Gasteiger partial charge < -0.3 is 14.4 Å². The Balaban J connectivity index is 1.00. The molecule has 0 unspecified atom stereocenters. The number of hydrogen-bond acceptors (Lipinski definition) is 3. The van der Waals surface area contributed by atoms with Crippen molar-refractivity contribution in [1.29, 1.82) is 0 Å². The predicted octanol–water partition coefficient (Wildman–Crippen LogP) is 18.4. The van der Waals surface area contributed by atoms with Crippen LogP contribution in [0, 0.1) is 0 Å². The van der Waals surface area contributed by atoms with Gasteiger partial charge in [0.15, 0.2) is 0 Å². The molecular weight excluding hydrogens is 947 g/mol. The molecule has 3 heteroatoms. The second-order valence-corrected chi connectivity index (χ2v) is 21.6. The summed E-state index contributed by atoms with van der Waals surface area (Å²) in [6, 6.07) is 102. The smallest absolute Gasteiger partial charge is 0.132 e. The molecule has 0 atom stereocenters. The van der Waals surface area contributed by atoms with Crippen molar-refractivity contribution in [2.24, 2.45) is 0 Å². The number of benzene rings is 12. The number of ether oxygens (including phenoxy) is 2. The maximum absolute atomic E-state index is 6.86. The zero-order valence-corrected chi connectivity index (χ0v) is 42.2. The molecule has 12 aromatic rings. The maximum Gasteiger partial charge on any atom is 0.132 e. The lowest BCUT2D eigenvalue weighted by atomic mass is 9.66. The predicted molar refractivity (Wildman–Crippen MR) is 312 cm³/mol. The molecule has 0 N–H and O–H groups in total. The van der Waals surface area contributed by atoms with Gasteiger partial charge in [0.05, 0.1) is 33.3 Å². The van der Waals surface area contributed by atoms with Crippen LogP contribution in [0.15, 0.2) is 273 Å². The normalized spacial score (nSPS) is 15.2. The van der Waals surface area contributed by atoms with Crippen molar-refractivity contribution in [3.05, 3.63) is 340 Å². The summed E-state index contributed by atoms with van der Waals surface area (Å²) in [5.41, 5.74) is 26.1. The first-order chi connectivity index (χ1) is 38.7. The van der Waals surface area contributed by atoms with Gasteiger partial charge in [-0.1, -0.05) is 231 Å². The summed E-state index contributed by atoms with van der Waals surface area (Å²) in [5.74, 6) is 3.50. The molecule has 0 bridgehead atoms. The maximum atomic E-state index is 6.86. The van der Waals surface area contributed by atoms with Crippen molar-refractivity contribution in [2.75, 3.05) is 4.90 Å². The molecule has 0 aromatic heterocycles. The van der Waals surface area contributed by atoms with Crippen LogP contribution < -0.4 is 14.4 Å². The molecule has 2 heterocycles. The zero-order valence-electron chi connectivity index (χ0n) is 42.2. The lowest BCUT2D eigenvalue weighted by Gasteiger charge is -2.40. The molecule has 3 spiro atoms. The van der Waals surface area contributed by atoms with Gasteiger partial charge in [0.2, 0.25) is 0 Å². The average molecular weight is 992 g/mol. The van der Waals surface area contributed by atoms with Gasteiger partial charge in [0.1, 0.15) is 23.0 Å². The van der Waals surface area contributed by atoms with E-state index in [1.54, 1.807) is 0 Å². The van der Waals surface area contributed by atoms with Gasteiger partial charge >= 0.3 is 0 Å². The van der Waals surface area contributed by atoms with Crippen LogP contribution in [0.4, 0.5) is 17.1 Å². The highest BCUT2D eigenvalue weighted by Crippen LogP contribution is 2.70. The largest absolute Gasteiger partial charge is 0.457 e. The van der Waals surface area contributed by atoms with Crippen molar-refractivity contribution in [3.8, 4) is 67.5 Å². The third-order valence-electron chi connectivity index (χ3n) is 18.4. The highest BCUT2D eigenvalue weighted by molar-refractivity contribution is 6.07. The minimum absolute atomic E-state index is 0.545. The SMILES string of the molecule is c1ccc2c(c1)Oc1ccccc1C21c2ccccc2-c2c(N(c3cccc4c3-c3ccccc3C43c4ccccc4Oc4ccccc43)c3cccc4c3-c3ccccc3C43c4ccccc4-c4ccccc43)cccc21. The lowest BCUT2D eigenvalue weighted by molar-refractivity contribution is 0.436. The molecule has 6 aliphatic rings. The van der Waals surface area contributed by atoms with Crippen molar-refractivity contribution >= 4 is 17.1 Å². The van der Waals surface area contributed by atoms with Gasteiger partial charge in [-0.25, -0.2) is 0 Å². The minimum atomic E-state index is -0.670. The molecule has 0 saturated carbocycles. The number of nitrogens with zero attached hydrogens (tertiary/aromatic N) is 1. The first-order valence-corrected chi connectivity index (χ1v) is 27.2. The first kappa shape index (κ1) is 42.3. The second kappa shape index (κ2) is 15.1. The summed E-state index contributed by atoms with van der Waals surface area (Å²) in [4.78, 5) is 2.67. The van der Waals surface area contributed by atoms with Crippen LogP contribution in [0.1, 0.15) is 66.8 Å². The summed E-state index contributed by atoms with van der Waals surface area (Å²) in [6.45, 7) is 0. The first-order valence-electron chi connectivity index (χ1n) is 27.2. The van der Waals surface area contributed by atoms with Crippen molar-refractivity contribution < 1.29 is 9.47 Å². The summed E-state index contributed by atoms with van der Waals surface area (Å²) in [5, 5.41) is 0. The molecular formula is C75H45NO2. The molecule has 4 aliphatic carbocycles. The zero-order chi connectivity index (χ0) is 50.9. The van der Waals surface area contributed by atoms with Crippen LogP contribution in [-0.2, 0) is 16.2 Å². The van der Waals surface area contributed by atoms with E-state index in [2.05, 4.69) is 278 Å². The molecule has 0 radical (unpaired) electrons. The molecule has 3 nitrogen and oxygen atoms in total. The summed E-state index contributed by atoms with van der Waals surface area (Å²) in [6.07, 6.45) is 0. The van der Waals surface area contributed by atoms with Gasteiger partial charge in [0.25, 0.3) is 0 Å². The monoisotopic (exact) mass is 991 g/mol. The van der Waals surface area contributed by atoms with Crippen LogP contribution in [0.3, 0.4) is 0 Å². The van der Waals surface area contributed by atoms with E-state index >= 15 is 0 Å². The van der Waals surface area contributed by atoms with E-state index in [9.17, 15) is 0 Å². The molecule has 12 aromatic carbocycles. The fraction of sp³-hybridized carbons (Fsp3) is 0.0400. The Hall–Kier alpha value is -9.96. The molecule has 0 saturated heterocycles. The number of rotatable bonds is 3. The highest BCUT2D eigenvalue weighted by atomic mass is 16.5. The van der Waals surface area contributed by atoms with Gasteiger partial charge in [-0.2, -0.15) is 0 Å². The van der Waals surface area contributed by atoms with Crippen molar-refractivity contribution in [1.82, 2.24) is 0 Å². The number of hydrogen-bond donors (Lipinski definition) is 0. The van der Waals surface area contributed by atoms with Crippen LogP contribution in [-0.4, -0.2) is 0 Å². The highest BCUT2D eigenvalue weighted by Gasteiger charge is 2.56. The van der Waals surface area contributed by atoms with Crippen LogP contribution in [0.25, 0.3) is 44.5 Å². The molecule has 78 heavy (non-hydrogen) atoms.